The summed E-state index contributed by atoms with van der Waals surface area (Å²) < 4.78 is 0. The Bertz CT molecular complexity index is 879. The minimum absolute atomic E-state index is 0.0452. The highest BCUT2D eigenvalue weighted by molar-refractivity contribution is 7.10. The molecule has 3 rings (SSSR count). The summed E-state index contributed by atoms with van der Waals surface area (Å²) in [6.07, 6.45) is 0. The number of amides is 1. The van der Waals surface area contributed by atoms with E-state index in [1.54, 1.807) is 29.5 Å². The molecule has 0 spiro atoms. The van der Waals surface area contributed by atoms with Crippen LogP contribution >= 0.6 is 34.5 Å². The molecule has 2 N–H and O–H groups in total. The maximum absolute atomic E-state index is 12.4. The SMILES string of the molecule is Cc1ccc([C@@H](NCC(=O)Nc2cccc(Cl)c2Cl)c2cccs2)cc1. The number of anilines is 1. The van der Waals surface area contributed by atoms with Crippen LogP contribution in [0.5, 0.6) is 0 Å². The molecule has 3 aromatic rings. The van der Waals surface area contributed by atoms with Gasteiger partial charge >= 0.3 is 0 Å². The fraction of sp³-hybridized carbons (Fsp3) is 0.150. The zero-order valence-electron chi connectivity index (χ0n) is 14.1. The second-order valence-electron chi connectivity index (χ2n) is 5.89. The van der Waals surface area contributed by atoms with E-state index in [-0.39, 0.29) is 18.5 Å². The minimum atomic E-state index is -0.178. The maximum atomic E-state index is 12.4. The summed E-state index contributed by atoms with van der Waals surface area (Å²) in [4.78, 5) is 13.5. The van der Waals surface area contributed by atoms with E-state index in [1.165, 1.54) is 5.56 Å². The van der Waals surface area contributed by atoms with Crippen molar-refractivity contribution in [3.05, 3.63) is 86.0 Å². The Morgan fingerprint density at radius 2 is 1.85 bits per heavy atom. The zero-order chi connectivity index (χ0) is 18.5. The average molecular weight is 405 g/mol. The summed E-state index contributed by atoms with van der Waals surface area (Å²) in [6.45, 7) is 2.21. The number of thiophene rings is 1. The van der Waals surface area contributed by atoms with Crippen LogP contribution in [0.3, 0.4) is 0 Å². The molecule has 1 atom stereocenters. The number of carbonyl (C=O) groups is 1. The van der Waals surface area contributed by atoms with Crippen LogP contribution < -0.4 is 10.6 Å². The van der Waals surface area contributed by atoms with E-state index in [0.29, 0.717) is 15.7 Å². The van der Waals surface area contributed by atoms with Gasteiger partial charge in [0.25, 0.3) is 0 Å². The molecule has 0 unspecified atom stereocenters. The summed E-state index contributed by atoms with van der Waals surface area (Å²) in [5.74, 6) is -0.178. The number of hydrogen-bond acceptors (Lipinski definition) is 3. The van der Waals surface area contributed by atoms with Gasteiger partial charge in [0.2, 0.25) is 5.91 Å². The van der Waals surface area contributed by atoms with E-state index in [9.17, 15) is 4.79 Å². The van der Waals surface area contributed by atoms with Gasteiger partial charge in [-0.05, 0) is 36.1 Å². The zero-order valence-corrected chi connectivity index (χ0v) is 16.5. The highest BCUT2D eigenvalue weighted by atomic mass is 35.5. The topological polar surface area (TPSA) is 41.1 Å². The molecule has 0 saturated carbocycles. The van der Waals surface area contributed by atoms with Crippen molar-refractivity contribution in [3.63, 3.8) is 0 Å². The monoisotopic (exact) mass is 404 g/mol. The predicted octanol–water partition coefficient (Wildman–Crippen LogP) is 5.68. The van der Waals surface area contributed by atoms with Crippen molar-refractivity contribution in [2.24, 2.45) is 0 Å². The Kier molecular flexibility index (Phi) is 6.33. The molecule has 2 aromatic carbocycles. The molecule has 0 radical (unpaired) electrons. The van der Waals surface area contributed by atoms with Gasteiger partial charge in [-0.25, -0.2) is 0 Å². The predicted molar refractivity (Wildman–Crippen MR) is 110 cm³/mol. The van der Waals surface area contributed by atoms with Gasteiger partial charge in [0.05, 0.1) is 28.3 Å². The van der Waals surface area contributed by atoms with Crippen molar-refractivity contribution in [2.75, 3.05) is 11.9 Å². The van der Waals surface area contributed by atoms with Crippen molar-refractivity contribution in [1.29, 1.82) is 0 Å². The van der Waals surface area contributed by atoms with Crippen LogP contribution in [0.25, 0.3) is 0 Å². The highest BCUT2D eigenvalue weighted by Gasteiger charge is 2.16. The number of carbonyl (C=O) groups excluding carboxylic acids is 1. The number of benzene rings is 2. The first kappa shape index (κ1) is 18.9. The number of hydrogen-bond donors (Lipinski definition) is 2. The van der Waals surface area contributed by atoms with Crippen molar-refractivity contribution in [2.45, 2.75) is 13.0 Å². The van der Waals surface area contributed by atoms with Crippen molar-refractivity contribution < 1.29 is 4.79 Å². The van der Waals surface area contributed by atoms with Crippen molar-refractivity contribution in [1.82, 2.24) is 5.32 Å². The first-order valence-electron chi connectivity index (χ1n) is 8.12. The van der Waals surface area contributed by atoms with Gasteiger partial charge in [0, 0.05) is 4.88 Å². The van der Waals surface area contributed by atoms with Crippen LogP contribution in [0.15, 0.2) is 60.0 Å². The van der Waals surface area contributed by atoms with Gasteiger partial charge in [-0.15, -0.1) is 11.3 Å². The van der Waals surface area contributed by atoms with Crippen LogP contribution in [-0.2, 0) is 4.79 Å². The summed E-state index contributed by atoms with van der Waals surface area (Å²) in [7, 11) is 0. The number of nitrogens with one attached hydrogen (secondary N) is 2. The molecule has 26 heavy (non-hydrogen) atoms. The minimum Gasteiger partial charge on any atom is -0.324 e. The smallest absolute Gasteiger partial charge is 0.238 e. The van der Waals surface area contributed by atoms with Gasteiger partial charge in [-0.2, -0.15) is 0 Å². The highest BCUT2D eigenvalue weighted by Crippen LogP contribution is 2.30. The van der Waals surface area contributed by atoms with E-state index in [2.05, 4.69) is 47.9 Å². The molecule has 1 aromatic heterocycles. The van der Waals surface area contributed by atoms with Crippen LogP contribution in [-0.4, -0.2) is 12.5 Å². The molecule has 0 saturated heterocycles. The lowest BCUT2D eigenvalue weighted by Crippen LogP contribution is -2.31. The standard InChI is InChI=1S/C20H18Cl2N2OS/c1-13-7-9-14(10-8-13)20(17-6-3-11-26-17)23-12-18(25)24-16-5-2-4-15(21)19(16)22/h2-11,20,23H,12H2,1H3,(H,24,25)/t20-/m1/s1. The van der Waals surface area contributed by atoms with E-state index in [0.717, 1.165) is 10.4 Å². The van der Waals surface area contributed by atoms with Crippen LogP contribution in [0.2, 0.25) is 10.0 Å². The second-order valence-corrected chi connectivity index (χ2v) is 7.65. The third-order valence-electron chi connectivity index (χ3n) is 3.93. The molecule has 1 heterocycles. The Morgan fingerprint density at radius 1 is 1.08 bits per heavy atom. The lowest BCUT2D eigenvalue weighted by molar-refractivity contribution is -0.115. The second kappa shape index (κ2) is 8.69. The van der Waals surface area contributed by atoms with Crippen LogP contribution in [0.1, 0.15) is 22.0 Å². The fourth-order valence-corrected chi connectivity index (χ4v) is 3.76. The molecule has 1 amide bonds. The molecule has 6 heteroatoms. The molecule has 0 aliphatic carbocycles. The number of aryl methyl sites for hydroxylation is 1. The summed E-state index contributed by atoms with van der Waals surface area (Å²) >= 11 is 13.8. The molecule has 3 nitrogen and oxygen atoms in total. The molecule has 0 bridgehead atoms. The average Bonchev–Trinajstić information content (AvgIpc) is 3.15. The maximum Gasteiger partial charge on any atom is 0.238 e. The summed E-state index contributed by atoms with van der Waals surface area (Å²) in [5, 5.41) is 8.92. The summed E-state index contributed by atoms with van der Waals surface area (Å²) in [5.41, 5.74) is 2.83. The van der Waals surface area contributed by atoms with Gasteiger partial charge in [0.15, 0.2) is 0 Å². The Morgan fingerprint density at radius 3 is 2.54 bits per heavy atom. The van der Waals surface area contributed by atoms with Crippen molar-refractivity contribution >= 4 is 46.1 Å². The number of halogens is 2. The van der Waals surface area contributed by atoms with Gasteiger partial charge < -0.3 is 5.32 Å². The number of rotatable bonds is 6. The molecule has 134 valence electrons. The van der Waals surface area contributed by atoms with Gasteiger partial charge in [0.1, 0.15) is 0 Å². The lowest BCUT2D eigenvalue weighted by Gasteiger charge is -2.18. The fourth-order valence-electron chi connectivity index (χ4n) is 2.59. The molecule has 0 aliphatic rings. The Balaban J connectivity index is 1.70. The third kappa shape index (κ3) is 4.65. The Hall–Kier alpha value is -1.85. The van der Waals surface area contributed by atoms with E-state index < -0.39 is 0 Å². The van der Waals surface area contributed by atoms with Crippen molar-refractivity contribution in [3.8, 4) is 0 Å². The Labute approximate surface area is 167 Å². The van der Waals surface area contributed by atoms with E-state index in [1.807, 2.05) is 11.4 Å². The van der Waals surface area contributed by atoms with E-state index >= 15 is 0 Å². The molecule has 0 aliphatic heterocycles. The van der Waals surface area contributed by atoms with E-state index in [4.69, 9.17) is 23.2 Å². The summed E-state index contributed by atoms with van der Waals surface area (Å²) in [6, 6.07) is 17.5. The molecule has 0 fully saturated rings. The third-order valence-corrected chi connectivity index (χ3v) is 5.69. The van der Waals surface area contributed by atoms with Gasteiger partial charge in [-0.1, -0.05) is 65.2 Å². The molecular formula is C20H18Cl2N2OS. The largest absolute Gasteiger partial charge is 0.324 e. The molecular weight excluding hydrogens is 387 g/mol. The first-order chi connectivity index (χ1) is 12.5. The van der Waals surface area contributed by atoms with Crippen LogP contribution in [0.4, 0.5) is 5.69 Å². The first-order valence-corrected chi connectivity index (χ1v) is 9.75. The quantitative estimate of drug-likeness (QED) is 0.554. The normalized spacial score (nSPS) is 12.0. The van der Waals surface area contributed by atoms with Gasteiger partial charge in [-0.3, -0.25) is 10.1 Å². The lowest BCUT2D eigenvalue weighted by atomic mass is 10.0. The van der Waals surface area contributed by atoms with Crippen LogP contribution in [0, 0.1) is 6.92 Å².